The van der Waals surface area contributed by atoms with E-state index in [1.54, 1.807) is 18.2 Å². The van der Waals surface area contributed by atoms with Crippen molar-refractivity contribution in [1.29, 1.82) is 0 Å². The van der Waals surface area contributed by atoms with Crippen LogP contribution in [-0.4, -0.2) is 21.5 Å². The Morgan fingerprint density at radius 2 is 2.10 bits per heavy atom. The van der Waals surface area contributed by atoms with Gasteiger partial charge in [-0.15, -0.1) is 0 Å². The fraction of sp³-hybridized carbons (Fsp3) is 0.600. The van der Waals surface area contributed by atoms with Crippen LogP contribution >= 0.6 is 0 Å². The SMILES string of the molecule is CCC(C)(C)CC1OCOCc2cccc(c2)S(=O)(=O)O1. The molecule has 0 saturated carbocycles. The van der Waals surface area contributed by atoms with E-state index in [0.717, 1.165) is 12.0 Å². The van der Waals surface area contributed by atoms with E-state index in [0.29, 0.717) is 13.0 Å². The molecule has 1 aromatic rings. The highest BCUT2D eigenvalue weighted by Crippen LogP contribution is 2.30. The molecule has 1 atom stereocenters. The molecule has 1 unspecified atom stereocenters. The van der Waals surface area contributed by atoms with Gasteiger partial charge in [-0.3, -0.25) is 0 Å². The summed E-state index contributed by atoms with van der Waals surface area (Å²) in [7, 11) is -3.83. The Hall–Kier alpha value is -0.950. The monoisotopic (exact) mass is 314 g/mol. The Labute approximate surface area is 126 Å². The van der Waals surface area contributed by atoms with Crippen molar-refractivity contribution in [1.82, 2.24) is 0 Å². The number of hydrogen-bond donors (Lipinski definition) is 0. The average molecular weight is 314 g/mol. The van der Waals surface area contributed by atoms with Crippen molar-refractivity contribution < 1.29 is 22.1 Å². The molecule has 0 aliphatic carbocycles. The number of ether oxygens (including phenoxy) is 2. The van der Waals surface area contributed by atoms with Crippen LogP contribution in [0.4, 0.5) is 0 Å². The molecule has 21 heavy (non-hydrogen) atoms. The van der Waals surface area contributed by atoms with Crippen molar-refractivity contribution in [2.24, 2.45) is 5.41 Å². The van der Waals surface area contributed by atoms with Crippen molar-refractivity contribution >= 4 is 10.1 Å². The zero-order valence-electron chi connectivity index (χ0n) is 12.7. The zero-order chi connectivity index (χ0) is 15.5. The van der Waals surface area contributed by atoms with Crippen LogP contribution in [0.5, 0.6) is 0 Å². The highest BCUT2D eigenvalue weighted by Gasteiger charge is 2.29. The topological polar surface area (TPSA) is 61.8 Å². The van der Waals surface area contributed by atoms with Crippen LogP contribution in [0.1, 0.15) is 39.2 Å². The predicted molar refractivity (Wildman–Crippen MR) is 77.9 cm³/mol. The molecular formula is C15H22O5S. The van der Waals surface area contributed by atoms with E-state index in [9.17, 15) is 8.42 Å². The second kappa shape index (κ2) is 6.44. The molecule has 2 bridgehead atoms. The van der Waals surface area contributed by atoms with Gasteiger partial charge in [0.1, 0.15) is 6.79 Å². The Morgan fingerprint density at radius 3 is 2.81 bits per heavy atom. The first-order chi connectivity index (χ1) is 9.82. The highest BCUT2D eigenvalue weighted by molar-refractivity contribution is 7.86. The normalized spacial score (nSPS) is 22.7. The van der Waals surface area contributed by atoms with Crippen LogP contribution < -0.4 is 0 Å². The van der Waals surface area contributed by atoms with Gasteiger partial charge in [0.15, 0.2) is 6.29 Å². The number of hydrogen-bond acceptors (Lipinski definition) is 5. The molecule has 2 rings (SSSR count). The number of benzene rings is 1. The Morgan fingerprint density at radius 1 is 1.33 bits per heavy atom. The summed E-state index contributed by atoms with van der Waals surface area (Å²) in [5, 5.41) is 0. The molecule has 1 aromatic carbocycles. The molecule has 5 nitrogen and oxygen atoms in total. The molecule has 0 N–H and O–H groups in total. The third-order valence-corrected chi connectivity index (χ3v) is 5.00. The maximum atomic E-state index is 12.3. The number of fused-ring (bicyclic) bond motifs is 2. The second-order valence-electron chi connectivity index (χ2n) is 5.98. The minimum atomic E-state index is -3.83. The van der Waals surface area contributed by atoms with Gasteiger partial charge in [0.05, 0.1) is 11.5 Å². The first kappa shape index (κ1) is 16.4. The lowest BCUT2D eigenvalue weighted by molar-refractivity contribution is -0.171. The summed E-state index contributed by atoms with van der Waals surface area (Å²) in [5.74, 6) is 0. The second-order valence-corrected chi connectivity index (χ2v) is 7.55. The summed E-state index contributed by atoms with van der Waals surface area (Å²) < 4.78 is 40.8. The van der Waals surface area contributed by atoms with Crippen LogP contribution in [-0.2, 0) is 30.4 Å². The standard InChI is InChI=1S/C15H22O5S/c1-4-15(2,3)9-14-19-11-18-10-12-6-5-7-13(8-12)21(16,17)20-14/h5-8,14H,4,9-11H2,1-3H3. The smallest absolute Gasteiger partial charge is 0.299 e. The molecule has 0 saturated heterocycles. The zero-order valence-corrected chi connectivity index (χ0v) is 13.5. The van der Waals surface area contributed by atoms with Gasteiger partial charge in [-0.2, -0.15) is 8.42 Å². The highest BCUT2D eigenvalue weighted by atomic mass is 32.2. The fourth-order valence-corrected chi connectivity index (χ4v) is 3.05. The molecule has 1 heterocycles. The van der Waals surface area contributed by atoms with E-state index >= 15 is 0 Å². The summed E-state index contributed by atoms with van der Waals surface area (Å²) in [6, 6.07) is 6.58. The molecule has 1 aliphatic heterocycles. The van der Waals surface area contributed by atoms with Crippen molar-refractivity contribution in [2.45, 2.75) is 51.4 Å². The quantitative estimate of drug-likeness (QED) is 0.802. The summed E-state index contributed by atoms with van der Waals surface area (Å²) >= 11 is 0. The van der Waals surface area contributed by atoms with Crippen LogP contribution in [0.25, 0.3) is 0 Å². The molecule has 0 radical (unpaired) electrons. The Bertz CT molecular complexity index is 579. The molecule has 6 heteroatoms. The van der Waals surface area contributed by atoms with E-state index in [1.807, 2.05) is 13.8 Å². The molecule has 0 aromatic heterocycles. The first-order valence-corrected chi connectivity index (χ1v) is 8.45. The molecular weight excluding hydrogens is 292 g/mol. The molecule has 0 spiro atoms. The lowest BCUT2D eigenvalue weighted by atomic mass is 9.86. The third kappa shape index (κ3) is 4.51. The van der Waals surface area contributed by atoms with Crippen molar-refractivity contribution in [3.05, 3.63) is 29.8 Å². The minimum Gasteiger partial charge on any atom is -0.351 e. The van der Waals surface area contributed by atoms with Crippen molar-refractivity contribution in [2.75, 3.05) is 6.79 Å². The van der Waals surface area contributed by atoms with Gasteiger partial charge >= 0.3 is 0 Å². The van der Waals surface area contributed by atoms with Gasteiger partial charge in [-0.05, 0) is 23.1 Å². The number of rotatable bonds is 3. The molecule has 1 aliphatic rings. The summed E-state index contributed by atoms with van der Waals surface area (Å²) in [4.78, 5) is 0.133. The van der Waals surface area contributed by atoms with E-state index < -0.39 is 16.4 Å². The van der Waals surface area contributed by atoms with E-state index in [-0.39, 0.29) is 17.1 Å². The van der Waals surface area contributed by atoms with Gasteiger partial charge in [0.2, 0.25) is 0 Å². The van der Waals surface area contributed by atoms with Crippen molar-refractivity contribution in [3.63, 3.8) is 0 Å². The average Bonchev–Trinajstić information content (AvgIpc) is 2.42. The van der Waals surface area contributed by atoms with E-state index in [4.69, 9.17) is 13.7 Å². The summed E-state index contributed by atoms with van der Waals surface area (Å²) in [5.41, 5.74) is 0.696. The molecule has 118 valence electrons. The van der Waals surface area contributed by atoms with Crippen molar-refractivity contribution in [3.8, 4) is 0 Å². The lowest BCUT2D eigenvalue weighted by Crippen LogP contribution is -2.29. The van der Waals surface area contributed by atoms with Gasteiger partial charge in [-0.25, -0.2) is 4.18 Å². The van der Waals surface area contributed by atoms with E-state index in [1.165, 1.54) is 6.07 Å². The summed E-state index contributed by atoms with van der Waals surface area (Å²) in [6.45, 7) is 6.46. The third-order valence-electron chi connectivity index (χ3n) is 3.70. The van der Waals surface area contributed by atoms with Gasteiger partial charge in [0, 0.05) is 6.42 Å². The summed E-state index contributed by atoms with van der Waals surface area (Å²) in [6.07, 6.45) is 0.532. The van der Waals surface area contributed by atoms with Crippen LogP contribution in [0, 0.1) is 5.41 Å². The fourth-order valence-electron chi connectivity index (χ4n) is 1.99. The molecule has 0 amide bonds. The molecule has 0 fully saturated rings. The van der Waals surface area contributed by atoms with Gasteiger partial charge < -0.3 is 9.47 Å². The maximum absolute atomic E-state index is 12.3. The first-order valence-electron chi connectivity index (χ1n) is 7.04. The van der Waals surface area contributed by atoms with Crippen LogP contribution in [0.3, 0.4) is 0 Å². The minimum absolute atomic E-state index is 0.00418. The van der Waals surface area contributed by atoms with Gasteiger partial charge in [0.25, 0.3) is 10.1 Å². The maximum Gasteiger partial charge on any atom is 0.299 e. The van der Waals surface area contributed by atoms with Crippen LogP contribution in [0.2, 0.25) is 0 Å². The largest absolute Gasteiger partial charge is 0.351 e. The van der Waals surface area contributed by atoms with Gasteiger partial charge in [-0.1, -0.05) is 39.3 Å². The Kier molecular flexibility index (Phi) is 5.03. The Balaban J connectivity index is 2.26. The van der Waals surface area contributed by atoms with E-state index in [2.05, 4.69) is 6.92 Å². The van der Waals surface area contributed by atoms with Crippen LogP contribution in [0.15, 0.2) is 29.2 Å². The lowest BCUT2D eigenvalue weighted by Gasteiger charge is -2.28. The predicted octanol–water partition coefficient (Wildman–Crippen LogP) is 3.05.